The number of hydrogen-bond acceptors (Lipinski definition) is 4. The van der Waals surface area contributed by atoms with Crippen LogP contribution in [0.15, 0.2) is 57.9 Å². The van der Waals surface area contributed by atoms with Crippen LogP contribution in [0.4, 0.5) is 5.69 Å². The highest BCUT2D eigenvalue weighted by Gasteiger charge is 2.07. The molecule has 0 radical (unpaired) electrons. The molecule has 0 atom stereocenters. The van der Waals surface area contributed by atoms with Crippen LogP contribution in [0.5, 0.6) is 0 Å². The van der Waals surface area contributed by atoms with Crippen LogP contribution in [0.1, 0.15) is 5.56 Å². The van der Waals surface area contributed by atoms with Crippen molar-refractivity contribution in [1.29, 1.82) is 0 Å². The Morgan fingerprint density at radius 3 is 2.26 bits per heavy atom. The summed E-state index contributed by atoms with van der Waals surface area (Å²) in [5.41, 5.74) is 1.19. The van der Waals surface area contributed by atoms with Crippen LogP contribution >= 0.6 is 27.7 Å². The van der Waals surface area contributed by atoms with Gasteiger partial charge in [0, 0.05) is 15.1 Å². The van der Waals surface area contributed by atoms with E-state index in [0.717, 1.165) is 9.37 Å². The zero-order chi connectivity index (χ0) is 16.9. The molecule has 0 saturated heterocycles. The van der Waals surface area contributed by atoms with Crippen LogP contribution in [-0.4, -0.2) is 20.1 Å². The molecule has 0 unspecified atom stereocenters. The van der Waals surface area contributed by atoms with Crippen molar-refractivity contribution in [2.75, 3.05) is 11.1 Å². The number of nitrogens with one attached hydrogen (secondary N) is 1. The second kappa shape index (κ2) is 7.96. The van der Waals surface area contributed by atoms with E-state index in [1.165, 1.54) is 11.8 Å². The molecular formula is C15H15BrN2O3S2. The maximum atomic E-state index is 11.9. The van der Waals surface area contributed by atoms with Crippen molar-refractivity contribution < 1.29 is 13.2 Å². The molecular weight excluding hydrogens is 400 g/mol. The van der Waals surface area contributed by atoms with E-state index in [1.807, 2.05) is 24.3 Å². The number of carbonyl (C=O) groups is 1. The van der Waals surface area contributed by atoms with Crippen molar-refractivity contribution in [3.63, 3.8) is 0 Å². The summed E-state index contributed by atoms with van der Waals surface area (Å²) in [6.07, 6.45) is 0. The van der Waals surface area contributed by atoms with Crippen molar-refractivity contribution in [3.05, 3.63) is 58.6 Å². The van der Waals surface area contributed by atoms with Gasteiger partial charge in [0.2, 0.25) is 15.9 Å². The predicted molar refractivity (Wildman–Crippen MR) is 96.7 cm³/mol. The van der Waals surface area contributed by atoms with Gasteiger partial charge in [-0.1, -0.05) is 28.1 Å². The molecule has 0 aliphatic heterocycles. The first-order valence-electron chi connectivity index (χ1n) is 6.59. The summed E-state index contributed by atoms with van der Waals surface area (Å²) in [6, 6.07) is 14.3. The Morgan fingerprint density at radius 2 is 1.70 bits per heavy atom. The van der Waals surface area contributed by atoms with Crippen LogP contribution < -0.4 is 10.5 Å². The molecule has 2 aromatic rings. The molecule has 122 valence electrons. The first kappa shape index (κ1) is 18.0. The van der Waals surface area contributed by atoms with Gasteiger partial charge in [-0.3, -0.25) is 4.79 Å². The van der Waals surface area contributed by atoms with Gasteiger partial charge in [0.25, 0.3) is 0 Å². The van der Waals surface area contributed by atoms with Gasteiger partial charge >= 0.3 is 0 Å². The average molecular weight is 415 g/mol. The molecule has 0 fully saturated rings. The lowest BCUT2D eigenvalue weighted by Crippen LogP contribution is -2.15. The van der Waals surface area contributed by atoms with E-state index in [9.17, 15) is 13.2 Å². The van der Waals surface area contributed by atoms with Crippen LogP contribution in [0.2, 0.25) is 0 Å². The molecule has 0 saturated carbocycles. The van der Waals surface area contributed by atoms with E-state index in [4.69, 9.17) is 5.14 Å². The number of anilines is 1. The number of thioether (sulfide) groups is 1. The third-order valence-corrected chi connectivity index (χ3v) is 5.07. The van der Waals surface area contributed by atoms with Crippen LogP contribution in [-0.2, 0) is 20.6 Å². The lowest BCUT2D eigenvalue weighted by molar-refractivity contribution is -0.113. The molecule has 8 heteroatoms. The Labute approximate surface area is 147 Å². The maximum Gasteiger partial charge on any atom is 0.234 e. The Kier molecular flexibility index (Phi) is 6.23. The van der Waals surface area contributed by atoms with Gasteiger partial charge in [0.1, 0.15) is 0 Å². The highest BCUT2D eigenvalue weighted by Crippen LogP contribution is 2.21. The van der Waals surface area contributed by atoms with Crippen molar-refractivity contribution in [2.45, 2.75) is 10.6 Å². The summed E-state index contributed by atoms with van der Waals surface area (Å²) in [5, 5.41) is 7.75. The van der Waals surface area contributed by atoms with Gasteiger partial charge in [-0.25, -0.2) is 13.6 Å². The van der Waals surface area contributed by atoms with E-state index in [0.29, 0.717) is 17.0 Å². The standard InChI is InChI=1S/C15H15BrN2O3S2/c16-12-3-7-14(8-4-12)22-9-15(19)18-13-5-1-11(2-6-13)10-23(17,20)21/h1-8H,9-10H2,(H,18,19)(H2,17,20,21). The second-order valence-electron chi connectivity index (χ2n) is 4.79. The minimum atomic E-state index is -3.55. The minimum Gasteiger partial charge on any atom is -0.325 e. The Hall–Kier alpha value is -1.35. The smallest absolute Gasteiger partial charge is 0.234 e. The van der Waals surface area contributed by atoms with Crippen LogP contribution in [0.3, 0.4) is 0 Å². The first-order valence-corrected chi connectivity index (χ1v) is 10.1. The molecule has 1 amide bonds. The summed E-state index contributed by atoms with van der Waals surface area (Å²) >= 11 is 4.80. The fourth-order valence-electron chi connectivity index (χ4n) is 1.79. The quantitative estimate of drug-likeness (QED) is 0.710. The van der Waals surface area contributed by atoms with Gasteiger partial charge in [0.05, 0.1) is 11.5 Å². The Morgan fingerprint density at radius 1 is 1.09 bits per heavy atom. The molecule has 2 aromatic carbocycles. The molecule has 0 spiro atoms. The number of primary sulfonamides is 1. The van der Waals surface area contributed by atoms with Gasteiger partial charge in [0.15, 0.2) is 0 Å². The Bertz CT molecular complexity index is 775. The number of halogens is 1. The fourth-order valence-corrected chi connectivity index (χ4v) is 3.41. The normalized spacial score (nSPS) is 11.2. The Balaban J connectivity index is 1.86. The van der Waals surface area contributed by atoms with Crippen molar-refractivity contribution in [2.24, 2.45) is 5.14 Å². The number of sulfonamides is 1. The number of benzene rings is 2. The predicted octanol–water partition coefficient (Wildman–Crippen LogP) is 2.97. The molecule has 0 bridgehead atoms. The summed E-state index contributed by atoms with van der Waals surface area (Å²) in [5.74, 6) is -0.0570. The summed E-state index contributed by atoms with van der Waals surface area (Å²) in [7, 11) is -3.55. The molecule has 5 nitrogen and oxygen atoms in total. The fraction of sp³-hybridized carbons (Fsp3) is 0.133. The zero-order valence-electron chi connectivity index (χ0n) is 12.0. The average Bonchev–Trinajstić information content (AvgIpc) is 2.47. The van der Waals surface area contributed by atoms with E-state index in [-0.39, 0.29) is 11.7 Å². The minimum absolute atomic E-state index is 0.128. The van der Waals surface area contributed by atoms with E-state index >= 15 is 0 Å². The van der Waals surface area contributed by atoms with Gasteiger partial charge < -0.3 is 5.32 Å². The number of rotatable bonds is 6. The largest absolute Gasteiger partial charge is 0.325 e. The zero-order valence-corrected chi connectivity index (χ0v) is 15.2. The molecule has 2 rings (SSSR count). The molecule has 0 aromatic heterocycles. The number of nitrogens with two attached hydrogens (primary N) is 1. The van der Waals surface area contributed by atoms with Crippen molar-refractivity contribution >= 4 is 49.3 Å². The molecule has 0 heterocycles. The summed E-state index contributed by atoms with van der Waals surface area (Å²) in [6.45, 7) is 0. The highest BCUT2D eigenvalue weighted by atomic mass is 79.9. The molecule has 23 heavy (non-hydrogen) atoms. The van der Waals surface area contributed by atoms with Crippen LogP contribution in [0, 0.1) is 0 Å². The molecule has 3 N–H and O–H groups in total. The highest BCUT2D eigenvalue weighted by molar-refractivity contribution is 9.10. The van der Waals surface area contributed by atoms with Crippen LogP contribution in [0.25, 0.3) is 0 Å². The lowest BCUT2D eigenvalue weighted by atomic mass is 10.2. The third-order valence-electron chi connectivity index (χ3n) is 2.79. The number of amides is 1. The van der Waals surface area contributed by atoms with Crippen molar-refractivity contribution in [1.82, 2.24) is 0 Å². The molecule has 0 aliphatic rings. The maximum absolute atomic E-state index is 11.9. The van der Waals surface area contributed by atoms with E-state index in [2.05, 4.69) is 21.2 Å². The van der Waals surface area contributed by atoms with Gasteiger partial charge in [-0.2, -0.15) is 0 Å². The monoisotopic (exact) mass is 414 g/mol. The van der Waals surface area contributed by atoms with E-state index in [1.54, 1.807) is 24.3 Å². The number of hydrogen-bond donors (Lipinski definition) is 2. The van der Waals surface area contributed by atoms with Gasteiger partial charge in [-0.05, 0) is 42.0 Å². The van der Waals surface area contributed by atoms with Gasteiger partial charge in [-0.15, -0.1) is 11.8 Å². The molecule has 0 aliphatic carbocycles. The topological polar surface area (TPSA) is 89.3 Å². The van der Waals surface area contributed by atoms with E-state index < -0.39 is 10.0 Å². The lowest BCUT2D eigenvalue weighted by Gasteiger charge is -2.06. The SMILES string of the molecule is NS(=O)(=O)Cc1ccc(NC(=O)CSc2ccc(Br)cc2)cc1. The van der Waals surface area contributed by atoms with Crippen molar-refractivity contribution in [3.8, 4) is 0 Å². The summed E-state index contributed by atoms with van der Waals surface area (Å²) < 4.78 is 23.0. The second-order valence-corrected chi connectivity index (χ2v) is 8.37. The number of carbonyl (C=O) groups excluding carboxylic acids is 1. The third kappa shape index (κ3) is 6.74. The summed E-state index contributed by atoms with van der Waals surface area (Å²) in [4.78, 5) is 12.9. The first-order chi connectivity index (χ1) is 10.8.